The molecular weight excluding hydrogens is 607 g/mol. The van der Waals surface area contributed by atoms with Gasteiger partial charge in [0.1, 0.15) is 42.7 Å². The van der Waals surface area contributed by atoms with E-state index in [-0.39, 0.29) is 74.5 Å². The first-order valence-electron chi connectivity index (χ1n) is 14.3. The molecule has 6 N–H and O–H groups in total. The van der Waals surface area contributed by atoms with Crippen LogP contribution in [0.1, 0.15) is 30.6 Å². The monoisotopic (exact) mass is 650 g/mol. The Morgan fingerprint density at radius 3 is 2.84 bits per heavy atom. The molecule has 2 rings (SSSR count). The molecule has 0 spiro atoms. The highest BCUT2D eigenvalue weighted by molar-refractivity contribution is 8.76. The van der Waals surface area contributed by atoms with Crippen molar-refractivity contribution >= 4 is 40.7 Å². The summed E-state index contributed by atoms with van der Waals surface area (Å²) in [5.41, 5.74) is 5.66. The fourth-order valence-electron chi connectivity index (χ4n) is 3.94. The van der Waals surface area contributed by atoms with Crippen molar-refractivity contribution in [2.45, 2.75) is 50.0 Å². The number of hydrogen-bond acceptors (Lipinski definition) is 12. The van der Waals surface area contributed by atoms with Gasteiger partial charge in [0.25, 0.3) is 5.91 Å². The molecule has 1 aliphatic heterocycles. The number of rotatable bonds is 20. The van der Waals surface area contributed by atoms with Crippen LogP contribution < -0.4 is 27.0 Å². The predicted octanol–water partition coefficient (Wildman–Crippen LogP) is 0.440. The highest BCUT2D eigenvalue weighted by Gasteiger charge is 2.36. The van der Waals surface area contributed by atoms with Crippen molar-refractivity contribution in [1.29, 1.82) is 0 Å². The molecule has 0 bridgehead atoms. The number of hydrogen-bond donors (Lipinski definition) is 4. The van der Waals surface area contributed by atoms with Crippen LogP contribution in [0, 0.1) is 23.6 Å². The van der Waals surface area contributed by atoms with Crippen LogP contribution in [-0.2, 0) is 28.6 Å². The number of nitrogens with two attached hydrogens (primary N) is 2. The van der Waals surface area contributed by atoms with E-state index in [1.165, 1.54) is 10.8 Å². The topological polar surface area (TPSA) is 166 Å². The molecule has 1 fully saturated rings. The van der Waals surface area contributed by atoms with Gasteiger partial charge in [0.15, 0.2) is 0 Å². The SMILES string of the molecule is CC#CC(C)OCC1O[C@@H](BC#CCNC(=O)COCCOC(COc2cccc(C(=O)NCCN)c2)SSC)C[C@H]1ON. The summed E-state index contributed by atoms with van der Waals surface area (Å²) in [5, 5.41) is 5.44. The van der Waals surface area contributed by atoms with E-state index in [0.29, 0.717) is 44.7 Å². The number of ether oxygens (including phenoxy) is 5. The highest BCUT2D eigenvalue weighted by atomic mass is 33.1. The van der Waals surface area contributed by atoms with E-state index in [9.17, 15) is 9.59 Å². The van der Waals surface area contributed by atoms with Crippen LogP contribution in [0.2, 0.25) is 0 Å². The van der Waals surface area contributed by atoms with Gasteiger partial charge in [-0.2, -0.15) is 5.82 Å². The van der Waals surface area contributed by atoms with Gasteiger partial charge in [0, 0.05) is 24.7 Å². The van der Waals surface area contributed by atoms with Gasteiger partial charge in [-0.05, 0) is 44.7 Å². The maximum absolute atomic E-state index is 12.1. The van der Waals surface area contributed by atoms with Gasteiger partial charge in [-0.3, -0.25) is 14.4 Å². The average Bonchev–Trinajstić information content (AvgIpc) is 3.43. The fourth-order valence-corrected chi connectivity index (χ4v) is 5.41. The van der Waals surface area contributed by atoms with Crippen LogP contribution in [0.15, 0.2) is 24.3 Å². The lowest BCUT2D eigenvalue weighted by Gasteiger charge is -2.17. The van der Waals surface area contributed by atoms with Crippen molar-refractivity contribution in [2.24, 2.45) is 11.6 Å². The number of amides is 2. The molecule has 1 aliphatic rings. The third kappa shape index (κ3) is 15.5. The number of nitrogens with one attached hydrogen (secondary N) is 2. The quantitative estimate of drug-likeness (QED) is 0.0385. The van der Waals surface area contributed by atoms with E-state index in [2.05, 4.69) is 34.2 Å². The molecule has 242 valence electrons. The van der Waals surface area contributed by atoms with Crippen LogP contribution in [0.5, 0.6) is 5.75 Å². The zero-order valence-electron chi connectivity index (χ0n) is 25.5. The van der Waals surface area contributed by atoms with Crippen molar-refractivity contribution in [3.05, 3.63) is 29.8 Å². The van der Waals surface area contributed by atoms with Gasteiger partial charge in [0.05, 0.1) is 26.4 Å². The zero-order chi connectivity index (χ0) is 32.0. The van der Waals surface area contributed by atoms with Crippen LogP contribution in [0.25, 0.3) is 0 Å². The van der Waals surface area contributed by atoms with Gasteiger partial charge in [-0.25, -0.2) is 5.90 Å². The molecule has 12 nitrogen and oxygen atoms in total. The summed E-state index contributed by atoms with van der Waals surface area (Å²) in [7, 11) is 3.54. The second-order valence-corrected chi connectivity index (χ2v) is 12.0. The van der Waals surface area contributed by atoms with Gasteiger partial charge in [-0.1, -0.05) is 39.5 Å². The van der Waals surface area contributed by atoms with Gasteiger partial charge in [-0.15, -0.1) is 5.92 Å². The third-order valence-corrected chi connectivity index (χ3v) is 7.92. The number of benzene rings is 1. The van der Waals surface area contributed by atoms with Crippen molar-refractivity contribution < 1.29 is 38.1 Å². The first kappa shape index (κ1) is 37.8. The second-order valence-electron chi connectivity index (χ2n) is 9.41. The minimum Gasteiger partial charge on any atom is -0.490 e. The molecule has 0 saturated carbocycles. The average molecular weight is 651 g/mol. The number of carbonyl (C=O) groups excluding carboxylic acids is 2. The molecule has 1 heterocycles. The second kappa shape index (κ2) is 23.0. The lowest BCUT2D eigenvalue weighted by Crippen LogP contribution is -2.32. The molecule has 15 heteroatoms. The van der Waals surface area contributed by atoms with E-state index in [4.69, 9.17) is 40.2 Å². The summed E-state index contributed by atoms with van der Waals surface area (Å²) >= 11 is 0. The Morgan fingerprint density at radius 1 is 1.25 bits per heavy atom. The van der Waals surface area contributed by atoms with E-state index >= 15 is 0 Å². The predicted molar refractivity (Wildman–Crippen MR) is 174 cm³/mol. The Hall–Kier alpha value is -2.44. The smallest absolute Gasteiger partial charge is 0.251 e. The Bertz CT molecular complexity index is 1130. The molecule has 0 radical (unpaired) electrons. The summed E-state index contributed by atoms with van der Waals surface area (Å²) in [6, 6.07) is 6.78. The maximum atomic E-state index is 12.1. The summed E-state index contributed by atoms with van der Waals surface area (Å²) in [6.07, 6.45) is 1.80. The molecule has 0 aromatic heterocycles. The minimum atomic E-state index is -0.283. The molecule has 0 aliphatic carbocycles. The molecule has 3 unspecified atom stereocenters. The van der Waals surface area contributed by atoms with Gasteiger partial charge in [0.2, 0.25) is 13.2 Å². The molecule has 44 heavy (non-hydrogen) atoms. The van der Waals surface area contributed by atoms with Crippen LogP contribution in [0.4, 0.5) is 0 Å². The summed E-state index contributed by atoms with van der Waals surface area (Å²) in [4.78, 5) is 29.3. The third-order valence-electron chi connectivity index (χ3n) is 6.02. The molecule has 1 aromatic rings. The molecule has 5 atom stereocenters. The summed E-state index contributed by atoms with van der Waals surface area (Å²) in [5.74, 6) is 17.2. The number of carbonyl (C=O) groups is 2. The molecule has 1 aromatic carbocycles. The van der Waals surface area contributed by atoms with Gasteiger partial charge < -0.3 is 40.1 Å². The largest absolute Gasteiger partial charge is 0.490 e. The standard InChI is InChI=1S/C29H43BN4O8S2/c1-4-7-21(2)39-18-25-24(42-32)17-26(41-25)30-10-6-12-33-27(35)19-37-14-15-38-28(44-43-3)20-40-23-9-5-8-22(16-23)29(36)34-13-11-31/h5,8-9,16,21,24-26,28,30H,11-15,17-20,31-32H2,1-3H3,(H,33,35)(H,34,36)/t21?,24-,25?,26-,28?/m1/s1. The van der Waals surface area contributed by atoms with E-state index < -0.39 is 0 Å². The van der Waals surface area contributed by atoms with Gasteiger partial charge >= 0.3 is 0 Å². The molecule has 2 amide bonds. The molecule has 1 saturated heterocycles. The minimum absolute atomic E-state index is 0.106. The molecular formula is C29H43BN4O8S2. The first-order valence-corrected chi connectivity index (χ1v) is 16.9. The highest BCUT2D eigenvalue weighted by Crippen LogP contribution is 2.26. The van der Waals surface area contributed by atoms with Crippen molar-refractivity contribution in [3.8, 4) is 29.3 Å². The van der Waals surface area contributed by atoms with E-state index in [1.54, 1.807) is 42.0 Å². The van der Waals surface area contributed by atoms with Crippen LogP contribution in [0.3, 0.4) is 0 Å². The van der Waals surface area contributed by atoms with Crippen LogP contribution >= 0.6 is 21.6 Å². The fraction of sp³-hybridized carbons (Fsp3) is 0.586. The Balaban J connectivity index is 1.60. The van der Waals surface area contributed by atoms with Crippen molar-refractivity contribution in [1.82, 2.24) is 10.6 Å². The summed E-state index contributed by atoms with van der Waals surface area (Å²) in [6.45, 7) is 5.61. The van der Waals surface area contributed by atoms with E-state index in [0.717, 1.165) is 0 Å². The van der Waals surface area contributed by atoms with Crippen LogP contribution in [-0.4, -0.2) is 108 Å². The first-order chi connectivity index (χ1) is 21.4. The Kier molecular flexibility index (Phi) is 19.7. The normalized spacial score (nSPS) is 18.6. The lowest BCUT2D eigenvalue weighted by molar-refractivity contribution is -0.126. The van der Waals surface area contributed by atoms with Crippen molar-refractivity contribution in [3.63, 3.8) is 0 Å². The zero-order valence-corrected chi connectivity index (χ0v) is 27.1. The van der Waals surface area contributed by atoms with Crippen molar-refractivity contribution in [2.75, 3.05) is 58.9 Å². The summed E-state index contributed by atoms with van der Waals surface area (Å²) < 4.78 is 28.7. The Morgan fingerprint density at radius 2 is 2.09 bits per heavy atom. The Labute approximate surface area is 268 Å². The lowest BCUT2D eigenvalue weighted by atomic mass is 9.71. The van der Waals surface area contributed by atoms with E-state index in [1.807, 2.05) is 13.2 Å². The maximum Gasteiger partial charge on any atom is 0.251 e.